The molecule has 6 heteroatoms. The summed E-state index contributed by atoms with van der Waals surface area (Å²) < 4.78 is 16.8. The smallest absolute Gasteiger partial charge is 0.306 e. The highest BCUT2D eigenvalue weighted by Gasteiger charge is 2.19. The minimum absolute atomic E-state index is 0.0624. The molecule has 0 spiro atoms. The number of hydrogen-bond acceptors (Lipinski definition) is 6. The average Bonchev–Trinajstić information content (AvgIpc) is 3.23. The van der Waals surface area contributed by atoms with Crippen molar-refractivity contribution in [2.75, 3.05) is 13.2 Å². The lowest BCUT2D eigenvalue weighted by Crippen LogP contribution is -2.30. The van der Waals surface area contributed by atoms with Gasteiger partial charge in [-0.15, -0.1) is 0 Å². The number of esters is 3. The van der Waals surface area contributed by atoms with Crippen LogP contribution in [0.3, 0.4) is 0 Å². The molecule has 0 aromatic heterocycles. The molecule has 0 aliphatic rings. The summed E-state index contributed by atoms with van der Waals surface area (Å²) >= 11 is 0. The third kappa shape index (κ3) is 47.5. The third-order valence-corrected chi connectivity index (χ3v) is 12.3. The van der Waals surface area contributed by atoms with Crippen LogP contribution in [0.2, 0.25) is 0 Å². The van der Waals surface area contributed by atoms with Crippen molar-refractivity contribution in [2.45, 2.75) is 310 Å². The van der Waals surface area contributed by atoms with Crippen molar-refractivity contribution in [3.05, 3.63) is 0 Å². The number of hydrogen-bond donors (Lipinski definition) is 0. The van der Waals surface area contributed by atoms with Crippen LogP contribution < -0.4 is 0 Å². The summed E-state index contributed by atoms with van der Waals surface area (Å²) in [5.74, 6) is 0.00259. The van der Waals surface area contributed by atoms with E-state index in [1.165, 1.54) is 199 Å². The Morgan fingerprint density at radius 1 is 0.317 bits per heavy atom. The first-order valence-electron chi connectivity index (χ1n) is 26.9. The van der Waals surface area contributed by atoms with E-state index >= 15 is 0 Å². The summed E-state index contributed by atoms with van der Waals surface area (Å²) in [6.07, 6.45) is 50.9. The third-order valence-electron chi connectivity index (χ3n) is 12.3. The molecule has 0 saturated heterocycles. The van der Waals surface area contributed by atoms with Gasteiger partial charge in [0.15, 0.2) is 6.10 Å². The van der Waals surface area contributed by atoms with E-state index in [0.29, 0.717) is 19.3 Å². The monoisotopic (exact) mass is 849 g/mol. The second kappa shape index (κ2) is 48.4. The highest BCUT2D eigenvalue weighted by molar-refractivity contribution is 5.71. The molecular weight excluding hydrogens is 745 g/mol. The second-order valence-electron chi connectivity index (χ2n) is 19.0. The molecule has 0 aliphatic heterocycles. The first kappa shape index (κ1) is 58.4. The van der Waals surface area contributed by atoms with Crippen molar-refractivity contribution < 1.29 is 28.6 Å². The van der Waals surface area contributed by atoms with Gasteiger partial charge < -0.3 is 14.2 Å². The molecule has 0 bridgehead atoms. The first-order valence-corrected chi connectivity index (χ1v) is 26.9. The average molecular weight is 849 g/mol. The Morgan fingerprint density at radius 3 is 0.817 bits per heavy atom. The van der Waals surface area contributed by atoms with Crippen molar-refractivity contribution in [3.8, 4) is 0 Å². The molecular formula is C54H104O6. The topological polar surface area (TPSA) is 78.9 Å². The molecule has 0 aromatic rings. The molecule has 0 aromatic carbocycles. The Balaban J connectivity index is 4.26. The van der Waals surface area contributed by atoms with Crippen molar-refractivity contribution in [1.29, 1.82) is 0 Å². The maximum Gasteiger partial charge on any atom is 0.306 e. The van der Waals surface area contributed by atoms with Gasteiger partial charge in [0.05, 0.1) is 0 Å². The van der Waals surface area contributed by atoms with Crippen molar-refractivity contribution in [1.82, 2.24) is 0 Å². The lowest BCUT2D eigenvalue weighted by Gasteiger charge is -2.18. The summed E-state index contributed by atoms with van der Waals surface area (Å²) in [7, 11) is 0. The highest BCUT2D eigenvalue weighted by atomic mass is 16.6. The Morgan fingerprint density at radius 2 is 0.550 bits per heavy atom. The van der Waals surface area contributed by atoms with Crippen LogP contribution in [0.5, 0.6) is 0 Å². The van der Waals surface area contributed by atoms with E-state index in [4.69, 9.17) is 14.2 Å². The van der Waals surface area contributed by atoms with E-state index in [0.717, 1.165) is 63.7 Å². The lowest BCUT2D eigenvalue weighted by molar-refractivity contribution is -0.167. The molecule has 60 heavy (non-hydrogen) atoms. The van der Waals surface area contributed by atoms with Crippen LogP contribution in [0.15, 0.2) is 0 Å². The highest BCUT2D eigenvalue weighted by Crippen LogP contribution is 2.17. The fraction of sp³-hybridized carbons (Fsp3) is 0.944. The van der Waals surface area contributed by atoms with E-state index < -0.39 is 6.10 Å². The van der Waals surface area contributed by atoms with Crippen LogP contribution in [0.25, 0.3) is 0 Å². The molecule has 0 aliphatic carbocycles. The van der Waals surface area contributed by atoms with Gasteiger partial charge in [0, 0.05) is 19.3 Å². The molecule has 0 unspecified atom stereocenters. The van der Waals surface area contributed by atoms with Crippen LogP contribution in [0, 0.1) is 5.92 Å². The van der Waals surface area contributed by atoms with Gasteiger partial charge in [-0.3, -0.25) is 14.4 Å². The van der Waals surface area contributed by atoms with Gasteiger partial charge >= 0.3 is 17.9 Å². The Hall–Kier alpha value is -1.59. The minimum atomic E-state index is -0.760. The van der Waals surface area contributed by atoms with Crippen LogP contribution >= 0.6 is 0 Å². The van der Waals surface area contributed by atoms with Crippen LogP contribution in [-0.2, 0) is 28.6 Å². The molecule has 1 atom stereocenters. The summed E-state index contributed by atoms with van der Waals surface area (Å²) in [6, 6.07) is 0. The first-order chi connectivity index (χ1) is 29.4. The molecule has 0 fully saturated rings. The van der Waals surface area contributed by atoms with E-state index in [1.807, 2.05) is 0 Å². The maximum absolute atomic E-state index is 12.8. The van der Waals surface area contributed by atoms with E-state index in [1.54, 1.807) is 0 Å². The van der Waals surface area contributed by atoms with E-state index in [-0.39, 0.29) is 31.1 Å². The number of unbranched alkanes of at least 4 members (excludes halogenated alkanes) is 36. The Kier molecular flexibility index (Phi) is 47.2. The molecule has 6 nitrogen and oxygen atoms in total. The van der Waals surface area contributed by atoms with Gasteiger partial charge in [0.1, 0.15) is 13.2 Å². The molecule has 0 saturated carbocycles. The van der Waals surface area contributed by atoms with Crippen molar-refractivity contribution in [2.24, 2.45) is 5.92 Å². The van der Waals surface area contributed by atoms with E-state index in [2.05, 4.69) is 27.7 Å². The molecule has 0 heterocycles. The molecule has 0 rings (SSSR count). The predicted molar refractivity (Wildman–Crippen MR) is 257 cm³/mol. The summed E-state index contributed by atoms with van der Waals surface area (Å²) in [5, 5.41) is 0. The standard InChI is InChI=1S/C54H104O6/c1-5-7-9-11-13-15-17-18-19-24-27-31-35-39-43-47-54(57)60-51(48-58-52(55)45-41-37-33-29-16-14-12-10-8-6-2)49-59-53(56)46-42-38-34-30-26-23-21-20-22-25-28-32-36-40-44-50(3)4/h50-51H,5-49H2,1-4H3/t51-/m1/s1. The number of carbonyl (C=O) groups is 3. The van der Waals surface area contributed by atoms with Crippen LogP contribution in [-0.4, -0.2) is 37.2 Å². The van der Waals surface area contributed by atoms with Gasteiger partial charge in [-0.05, 0) is 25.2 Å². The molecule has 0 radical (unpaired) electrons. The number of rotatable bonds is 49. The number of carbonyl (C=O) groups excluding carboxylic acids is 3. The second-order valence-corrected chi connectivity index (χ2v) is 19.0. The zero-order valence-corrected chi connectivity index (χ0v) is 40.9. The largest absolute Gasteiger partial charge is 0.462 e. The molecule has 0 amide bonds. The molecule has 0 N–H and O–H groups in total. The molecule has 356 valence electrons. The van der Waals surface area contributed by atoms with Gasteiger partial charge in [-0.1, -0.05) is 265 Å². The predicted octanol–water partition coefficient (Wildman–Crippen LogP) is 17.5. The van der Waals surface area contributed by atoms with Crippen molar-refractivity contribution >= 4 is 17.9 Å². The normalized spacial score (nSPS) is 11.9. The fourth-order valence-electron chi connectivity index (χ4n) is 8.22. The summed E-state index contributed by atoms with van der Waals surface area (Å²) in [5.41, 5.74) is 0. The summed E-state index contributed by atoms with van der Waals surface area (Å²) in [6.45, 7) is 9.04. The van der Waals surface area contributed by atoms with Gasteiger partial charge in [-0.25, -0.2) is 0 Å². The van der Waals surface area contributed by atoms with Crippen LogP contribution in [0.4, 0.5) is 0 Å². The Labute approximate surface area is 374 Å². The van der Waals surface area contributed by atoms with Gasteiger partial charge in [0.25, 0.3) is 0 Å². The lowest BCUT2D eigenvalue weighted by atomic mass is 10.0. The van der Waals surface area contributed by atoms with Gasteiger partial charge in [0.2, 0.25) is 0 Å². The maximum atomic E-state index is 12.8. The number of ether oxygens (including phenoxy) is 3. The van der Waals surface area contributed by atoms with Crippen molar-refractivity contribution in [3.63, 3.8) is 0 Å². The minimum Gasteiger partial charge on any atom is -0.462 e. The SMILES string of the molecule is CCCCCCCCCCCCCCCCCC(=O)O[C@H](COC(=O)CCCCCCCCCCCC)COC(=O)CCCCCCCCCCCCCCCCC(C)C. The fourth-order valence-corrected chi connectivity index (χ4v) is 8.22. The summed E-state index contributed by atoms with van der Waals surface area (Å²) in [4.78, 5) is 37.9. The van der Waals surface area contributed by atoms with E-state index in [9.17, 15) is 14.4 Å². The zero-order chi connectivity index (χ0) is 43.8. The zero-order valence-electron chi connectivity index (χ0n) is 40.9. The van der Waals surface area contributed by atoms with Gasteiger partial charge in [-0.2, -0.15) is 0 Å². The van der Waals surface area contributed by atoms with Crippen LogP contribution in [0.1, 0.15) is 304 Å². The Bertz CT molecular complexity index is 903. The quantitative estimate of drug-likeness (QED) is 0.0345.